The summed E-state index contributed by atoms with van der Waals surface area (Å²) in [5, 5.41) is 16.2. The van der Waals surface area contributed by atoms with E-state index in [-0.39, 0.29) is 23.0 Å². The fraction of sp³-hybridized carbons (Fsp3) is 0.143. The van der Waals surface area contributed by atoms with Crippen molar-refractivity contribution in [3.05, 3.63) is 77.3 Å². The molecule has 0 aliphatic rings. The zero-order chi connectivity index (χ0) is 22.9. The highest BCUT2D eigenvalue weighted by atomic mass is 19.4. The number of anilines is 1. The first-order valence-electron chi connectivity index (χ1n) is 9.40. The summed E-state index contributed by atoms with van der Waals surface area (Å²) in [5.41, 5.74) is 0.138. The molecule has 0 saturated carbocycles. The summed E-state index contributed by atoms with van der Waals surface area (Å²) in [7, 11) is 0. The van der Waals surface area contributed by atoms with Gasteiger partial charge in [0.15, 0.2) is 11.5 Å². The molecule has 2 aromatic heterocycles. The number of benzene rings is 2. The summed E-state index contributed by atoms with van der Waals surface area (Å²) in [6.07, 6.45) is -2.93. The Labute approximate surface area is 178 Å². The second kappa shape index (κ2) is 8.17. The lowest BCUT2D eigenvalue weighted by molar-refractivity contribution is -0.137. The Kier molecular flexibility index (Phi) is 5.39. The Balaban J connectivity index is 1.42. The van der Waals surface area contributed by atoms with Crippen molar-refractivity contribution >= 4 is 28.4 Å². The Bertz CT molecular complexity index is 1300. The molecular weight excluding hydrogens is 427 g/mol. The number of fused-ring (bicyclic) bond motifs is 1. The number of carbonyl (C=O) groups is 2. The zero-order valence-electron chi connectivity index (χ0n) is 16.5. The van der Waals surface area contributed by atoms with Crippen LogP contribution in [0.25, 0.3) is 10.9 Å². The molecule has 0 aliphatic heterocycles. The third-order valence-electron chi connectivity index (χ3n) is 4.69. The normalized spacial score (nSPS) is 12.5. The maximum Gasteiger partial charge on any atom is 0.416 e. The average molecular weight is 443 g/mol. The third kappa shape index (κ3) is 4.46. The van der Waals surface area contributed by atoms with E-state index in [9.17, 15) is 22.8 Å². The summed E-state index contributed by atoms with van der Waals surface area (Å²) in [5.74, 6) is -0.910. The number of rotatable bonds is 5. The molecule has 3 N–H and O–H groups in total. The Morgan fingerprint density at radius 3 is 2.69 bits per heavy atom. The first kappa shape index (κ1) is 21.1. The van der Waals surface area contributed by atoms with E-state index in [1.54, 1.807) is 31.3 Å². The number of alkyl halides is 3. The average Bonchev–Trinajstić information content (AvgIpc) is 3.42. The minimum absolute atomic E-state index is 0.0367. The molecule has 164 valence electrons. The van der Waals surface area contributed by atoms with Gasteiger partial charge in [0.05, 0.1) is 23.3 Å². The number of nitrogens with zero attached hydrogens (tertiary/aromatic N) is 2. The van der Waals surface area contributed by atoms with Crippen LogP contribution < -0.4 is 10.6 Å². The Hall–Kier alpha value is -4.15. The van der Waals surface area contributed by atoms with E-state index in [1.807, 2.05) is 0 Å². The van der Waals surface area contributed by atoms with Crippen molar-refractivity contribution in [2.75, 3.05) is 5.32 Å². The van der Waals surface area contributed by atoms with Crippen molar-refractivity contribution in [3.8, 4) is 0 Å². The first-order chi connectivity index (χ1) is 15.2. The lowest BCUT2D eigenvalue weighted by atomic mass is 10.1. The van der Waals surface area contributed by atoms with E-state index in [1.165, 1.54) is 18.2 Å². The lowest BCUT2D eigenvalue weighted by Gasteiger charge is -2.10. The Morgan fingerprint density at radius 2 is 1.91 bits per heavy atom. The molecule has 0 radical (unpaired) electrons. The fourth-order valence-corrected chi connectivity index (χ4v) is 3.00. The third-order valence-corrected chi connectivity index (χ3v) is 4.69. The summed E-state index contributed by atoms with van der Waals surface area (Å²) >= 11 is 0. The van der Waals surface area contributed by atoms with Gasteiger partial charge in [-0.05, 0) is 43.3 Å². The zero-order valence-corrected chi connectivity index (χ0v) is 16.5. The number of aromatic amines is 1. The van der Waals surface area contributed by atoms with Crippen molar-refractivity contribution < 1.29 is 27.3 Å². The standard InChI is InChI=1S/C21H16F3N5O3/c1-11(26-19(30)12-5-6-16-13(7-12)10-25-28-16)18-9-17(29-32-18)20(31)27-15-4-2-3-14(8-15)21(22,23)24/h2-11H,1H3,(H,25,28)(H,26,30)(H,27,31)/t11-/m1/s1. The topological polar surface area (TPSA) is 113 Å². The summed E-state index contributed by atoms with van der Waals surface area (Å²) in [4.78, 5) is 24.9. The smallest absolute Gasteiger partial charge is 0.358 e. The molecule has 2 heterocycles. The molecule has 8 nitrogen and oxygen atoms in total. The molecule has 4 rings (SSSR count). The lowest BCUT2D eigenvalue weighted by Crippen LogP contribution is -2.26. The van der Waals surface area contributed by atoms with Crippen molar-refractivity contribution in [1.29, 1.82) is 0 Å². The van der Waals surface area contributed by atoms with Crippen LogP contribution in [0, 0.1) is 0 Å². The van der Waals surface area contributed by atoms with E-state index in [0.29, 0.717) is 5.56 Å². The van der Waals surface area contributed by atoms with Crippen LogP contribution in [0.1, 0.15) is 45.1 Å². The summed E-state index contributed by atoms with van der Waals surface area (Å²) < 4.78 is 43.6. The molecule has 2 amide bonds. The van der Waals surface area contributed by atoms with Crippen LogP contribution in [0.5, 0.6) is 0 Å². The van der Waals surface area contributed by atoms with Crippen molar-refractivity contribution in [1.82, 2.24) is 20.7 Å². The van der Waals surface area contributed by atoms with Crippen LogP contribution >= 0.6 is 0 Å². The fourth-order valence-electron chi connectivity index (χ4n) is 3.00. The molecule has 0 bridgehead atoms. The van der Waals surface area contributed by atoms with Gasteiger partial charge in [0, 0.05) is 22.7 Å². The largest absolute Gasteiger partial charge is 0.416 e. The van der Waals surface area contributed by atoms with Gasteiger partial charge in [0.2, 0.25) is 0 Å². The van der Waals surface area contributed by atoms with Crippen LogP contribution in [-0.4, -0.2) is 27.2 Å². The molecule has 0 fully saturated rings. The second-order valence-electron chi connectivity index (χ2n) is 7.01. The predicted octanol–water partition coefficient (Wildman–Crippen LogP) is 4.31. The number of carbonyl (C=O) groups excluding carboxylic acids is 2. The van der Waals surface area contributed by atoms with Crippen LogP contribution in [0.15, 0.2) is 59.3 Å². The number of H-pyrrole nitrogens is 1. The maximum atomic E-state index is 12.8. The maximum absolute atomic E-state index is 12.8. The van der Waals surface area contributed by atoms with Gasteiger partial charge < -0.3 is 15.2 Å². The Morgan fingerprint density at radius 1 is 1.09 bits per heavy atom. The molecule has 0 unspecified atom stereocenters. The van der Waals surface area contributed by atoms with Gasteiger partial charge in [0.1, 0.15) is 0 Å². The van der Waals surface area contributed by atoms with Gasteiger partial charge in [-0.1, -0.05) is 11.2 Å². The minimum atomic E-state index is -4.53. The van der Waals surface area contributed by atoms with Crippen molar-refractivity contribution in [2.24, 2.45) is 0 Å². The van der Waals surface area contributed by atoms with Crippen LogP contribution in [0.2, 0.25) is 0 Å². The number of amides is 2. The van der Waals surface area contributed by atoms with E-state index < -0.39 is 23.7 Å². The molecule has 4 aromatic rings. The highest BCUT2D eigenvalue weighted by molar-refractivity contribution is 6.03. The quantitative estimate of drug-likeness (QED) is 0.425. The van der Waals surface area contributed by atoms with E-state index in [0.717, 1.165) is 23.0 Å². The highest BCUT2D eigenvalue weighted by Gasteiger charge is 2.30. The van der Waals surface area contributed by atoms with Crippen LogP contribution in [0.4, 0.5) is 18.9 Å². The molecule has 32 heavy (non-hydrogen) atoms. The van der Waals surface area contributed by atoms with Gasteiger partial charge in [-0.15, -0.1) is 0 Å². The van der Waals surface area contributed by atoms with Crippen LogP contribution in [0.3, 0.4) is 0 Å². The molecule has 11 heteroatoms. The number of nitrogens with one attached hydrogen (secondary N) is 3. The van der Waals surface area contributed by atoms with Gasteiger partial charge in [-0.2, -0.15) is 18.3 Å². The summed E-state index contributed by atoms with van der Waals surface area (Å²) in [6, 6.07) is 9.97. The van der Waals surface area contributed by atoms with Gasteiger partial charge >= 0.3 is 6.18 Å². The molecule has 0 spiro atoms. The number of hydrogen-bond acceptors (Lipinski definition) is 5. The van der Waals surface area contributed by atoms with Gasteiger partial charge in [-0.25, -0.2) is 0 Å². The second-order valence-corrected chi connectivity index (χ2v) is 7.01. The molecule has 0 aliphatic carbocycles. The van der Waals surface area contributed by atoms with Gasteiger partial charge in [-0.3, -0.25) is 14.7 Å². The number of aromatic nitrogens is 3. The molecule has 1 atom stereocenters. The predicted molar refractivity (Wildman–Crippen MR) is 108 cm³/mol. The van der Waals surface area contributed by atoms with Gasteiger partial charge in [0.25, 0.3) is 11.8 Å². The monoisotopic (exact) mass is 443 g/mol. The van der Waals surface area contributed by atoms with Crippen LogP contribution in [-0.2, 0) is 6.18 Å². The summed E-state index contributed by atoms with van der Waals surface area (Å²) in [6.45, 7) is 1.64. The first-order valence-corrected chi connectivity index (χ1v) is 9.40. The van der Waals surface area contributed by atoms with E-state index in [4.69, 9.17) is 4.52 Å². The van der Waals surface area contributed by atoms with E-state index >= 15 is 0 Å². The minimum Gasteiger partial charge on any atom is -0.358 e. The molecular formula is C21H16F3N5O3. The number of halogens is 3. The molecule has 0 saturated heterocycles. The number of hydrogen-bond donors (Lipinski definition) is 3. The van der Waals surface area contributed by atoms with E-state index in [2.05, 4.69) is 26.0 Å². The SMILES string of the molecule is C[C@@H](NC(=O)c1ccc2[nH]ncc2c1)c1cc(C(=O)Nc2cccc(C(F)(F)F)c2)no1. The molecule has 2 aromatic carbocycles. The van der Waals surface area contributed by atoms with Crippen molar-refractivity contribution in [2.45, 2.75) is 19.1 Å². The van der Waals surface area contributed by atoms with Crippen molar-refractivity contribution in [3.63, 3.8) is 0 Å². The highest BCUT2D eigenvalue weighted by Crippen LogP contribution is 2.30.